The number of benzene rings is 1. The Kier molecular flexibility index (Phi) is 8.25. The Hall–Kier alpha value is -2.20. The summed E-state index contributed by atoms with van der Waals surface area (Å²) in [6.45, 7) is 8.67. The van der Waals surface area contributed by atoms with Crippen molar-refractivity contribution in [1.29, 1.82) is 5.41 Å². The molecule has 1 aromatic carbocycles. The van der Waals surface area contributed by atoms with Crippen LogP contribution in [-0.2, 0) is 0 Å². The topological polar surface area (TPSA) is 114 Å². The molecule has 0 radical (unpaired) electrons. The maximum atomic E-state index is 12.6. The predicted molar refractivity (Wildman–Crippen MR) is 124 cm³/mol. The lowest BCUT2D eigenvalue weighted by Gasteiger charge is -2.38. The predicted octanol–water partition coefficient (Wildman–Crippen LogP) is 2.59. The van der Waals surface area contributed by atoms with Gasteiger partial charge in [0.15, 0.2) is 0 Å². The highest BCUT2D eigenvalue weighted by molar-refractivity contribution is 7.97. The summed E-state index contributed by atoms with van der Waals surface area (Å²) in [4.78, 5) is 21.1. The number of aromatic nitrogens is 2. The van der Waals surface area contributed by atoms with E-state index in [4.69, 9.17) is 15.3 Å². The zero-order valence-electron chi connectivity index (χ0n) is 18.3. The van der Waals surface area contributed by atoms with Crippen LogP contribution in [0.4, 0.5) is 0 Å². The number of aliphatic hydroxyl groups is 1. The summed E-state index contributed by atoms with van der Waals surface area (Å²) in [7, 11) is 0. The van der Waals surface area contributed by atoms with E-state index in [0.717, 1.165) is 24.4 Å². The minimum absolute atomic E-state index is 0.144. The van der Waals surface area contributed by atoms with E-state index in [9.17, 15) is 4.79 Å². The van der Waals surface area contributed by atoms with Crippen LogP contribution in [0.5, 0.6) is 5.75 Å². The van der Waals surface area contributed by atoms with Gasteiger partial charge in [0.05, 0.1) is 30.2 Å². The lowest BCUT2D eigenvalue weighted by Crippen LogP contribution is -2.55. The van der Waals surface area contributed by atoms with Gasteiger partial charge in [0.1, 0.15) is 11.6 Å². The van der Waals surface area contributed by atoms with Crippen LogP contribution in [0, 0.1) is 12.3 Å². The molecule has 1 aliphatic rings. The van der Waals surface area contributed by atoms with Crippen molar-refractivity contribution in [1.82, 2.24) is 19.6 Å². The summed E-state index contributed by atoms with van der Waals surface area (Å²) in [6, 6.07) is 6.27. The Morgan fingerprint density at radius 1 is 1.42 bits per heavy atom. The first-order chi connectivity index (χ1) is 15.0. The normalized spacial score (nSPS) is 14.5. The Morgan fingerprint density at radius 2 is 2.19 bits per heavy atom. The van der Waals surface area contributed by atoms with Gasteiger partial charge in [-0.2, -0.15) is 0 Å². The van der Waals surface area contributed by atoms with Crippen LogP contribution in [0.15, 0.2) is 27.9 Å². The molecule has 8 nitrogen and oxygen atoms in total. The second-order valence-electron chi connectivity index (χ2n) is 7.52. The Balaban J connectivity index is 1.88. The summed E-state index contributed by atoms with van der Waals surface area (Å²) in [5.74, 6) is 1.07. The smallest absolute Gasteiger partial charge is 0.254 e. The minimum atomic E-state index is -0.234. The number of nitrogens with one attached hydrogen (secondary N) is 3. The largest absolute Gasteiger partial charge is 0.493 e. The summed E-state index contributed by atoms with van der Waals surface area (Å²) in [5, 5.41) is 20.5. The van der Waals surface area contributed by atoms with Crippen molar-refractivity contribution in [2.75, 3.05) is 32.8 Å². The molecule has 1 saturated heterocycles. The number of ether oxygens (including phenoxy) is 1. The summed E-state index contributed by atoms with van der Waals surface area (Å²) < 4.78 is 8.04. The molecule has 3 rings (SSSR count). The van der Waals surface area contributed by atoms with E-state index in [-0.39, 0.29) is 12.2 Å². The quantitative estimate of drug-likeness (QED) is 0.310. The van der Waals surface area contributed by atoms with Crippen LogP contribution in [-0.4, -0.2) is 64.0 Å². The van der Waals surface area contributed by atoms with Crippen molar-refractivity contribution >= 4 is 17.7 Å². The number of rotatable bonds is 11. The van der Waals surface area contributed by atoms with Crippen LogP contribution in [0.3, 0.4) is 0 Å². The van der Waals surface area contributed by atoms with Crippen molar-refractivity contribution in [3.63, 3.8) is 0 Å². The van der Waals surface area contributed by atoms with Crippen molar-refractivity contribution in [2.45, 2.75) is 44.6 Å². The average Bonchev–Trinajstić information content (AvgIpc) is 2.72. The molecule has 1 fully saturated rings. The van der Waals surface area contributed by atoms with Gasteiger partial charge in [0.2, 0.25) is 0 Å². The molecule has 0 aliphatic carbocycles. The Labute approximate surface area is 187 Å². The fraction of sp³-hybridized carbons (Fsp3) is 0.500. The lowest BCUT2D eigenvalue weighted by molar-refractivity contribution is 0.221. The first kappa shape index (κ1) is 23.5. The van der Waals surface area contributed by atoms with E-state index in [1.165, 1.54) is 0 Å². The van der Waals surface area contributed by atoms with E-state index in [1.54, 1.807) is 18.9 Å². The van der Waals surface area contributed by atoms with E-state index < -0.39 is 0 Å². The number of H-pyrrole nitrogens is 1. The van der Waals surface area contributed by atoms with Gasteiger partial charge in [-0.3, -0.25) is 4.79 Å². The van der Waals surface area contributed by atoms with Crippen molar-refractivity contribution in [3.05, 3.63) is 39.8 Å². The summed E-state index contributed by atoms with van der Waals surface area (Å²) >= 11 is 1.64. The number of hydrogen-bond acceptors (Lipinski definition) is 8. The van der Waals surface area contributed by atoms with Gasteiger partial charge in [-0.15, -0.1) is 0 Å². The zero-order chi connectivity index (χ0) is 22.4. The van der Waals surface area contributed by atoms with Gasteiger partial charge >= 0.3 is 0 Å². The van der Waals surface area contributed by atoms with Gasteiger partial charge in [0.25, 0.3) is 5.56 Å². The third kappa shape index (κ3) is 5.74. The van der Waals surface area contributed by atoms with E-state index in [0.29, 0.717) is 59.7 Å². The van der Waals surface area contributed by atoms with Crippen LogP contribution in [0.25, 0.3) is 11.4 Å². The van der Waals surface area contributed by atoms with Gasteiger partial charge in [-0.1, -0.05) is 13.3 Å². The van der Waals surface area contributed by atoms with Gasteiger partial charge in [-0.25, -0.2) is 9.29 Å². The zero-order valence-corrected chi connectivity index (χ0v) is 19.1. The molecule has 2 heterocycles. The van der Waals surface area contributed by atoms with E-state index in [2.05, 4.69) is 19.6 Å². The molecule has 0 saturated carbocycles. The fourth-order valence-electron chi connectivity index (χ4n) is 3.41. The van der Waals surface area contributed by atoms with E-state index in [1.807, 2.05) is 32.0 Å². The molecule has 1 aliphatic heterocycles. The molecule has 1 aromatic heterocycles. The third-order valence-electron chi connectivity index (χ3n) is 5.07. The second kappa shape index (κ2) is 10.9. The molecular formula is C22H31N5O3S. The number of hydrogen-bond donors (Lipinski definition) is 4. The average molecular weight is 446 g/mol. The van der Waals surface area contributed by atoms with Gasteiger partial charge < -0.3 is 25.6 Å². The van der Waals surface area contributed by atoms with Crippen LogP contribution < -0.4 is 15.6 Å². The molecule has 0 unspecified atom stereocenters. The highest BCUT2D eigenvalue weighted by Crippen LogP contribution is 2.35. The maximum absolute atomic E-state index is 12.6. The van der Waals surface area contributed by atoms with Crippen LogP contribution in [0.1, 0.15) is 37.9 Å². The van der Waals surface area contributed by atoms with Crippen LogP contribution >= 0.6 is 11.9 Å². The van der Waals surface area contributed by atoms with Gasteiger partial charge in [0, 0.05) is 36.1 Å². The second-order valence-corrected chi connectivity index (χ2v) is 8.69. The molecule has 168 valence electrons. The maximum Gasteiger partial charge on any atom is 0.254 e. The molecule has 0 atom stereocenters. The molecule has 4 N–H and O–H groups in total. The van der Waals surface area contributed by atoms with Crippen molar-refractivity contribution < 1.29 is 9.84 Å². The Morgan fingerprint density at radius 3 is 2.87 bits per heavy atom. The summed E-state index contributed by atoms with van der Waals surface area (Å²) in [5.41, 5.74) is 1.76. The third-order valence-corrected chi connectivity index (χ3v) is 6.09. The molecule has 0 bridgehead atoms. The first-order valence-electron chi connectivity index (χ1n) is 10.7. The highest BCUT2D eigenvalue weighted by Gasteiger charge is 2.27. The molecule has 9 heteroatoms. The van der Waals surface area contributed by atoms with Gasteiger partial charge in [-0.05, 0) is 50.4 Å². The van der Waals surface area contributed by atoms with E-state index >= 15 is 0 Å². The molecule has 0 amide bonds. The number of aromatic amines is 1. The Bertz CT molecular complexity index is 972. The van der Waals surface area contributed by atoms with Crippen molar-refractivity contribution in [2.24, 2.45) is 0 Å². The molecule has 0 spiro atoms. The number of aliphatic hydroxyl groups excluding tert-OH is 1. The SMILES string of the molecule is CCCC(=N)c1nc(-c2cc(SN3CC(NCCO)C3)ccc2OCC)[nH]c(=O)c1C. The van der Waals surface area contributed by atoms with Crippen LogP contribution in [0.2, 0.25) is 0 Å². The monoisotopic (exact) mass is 445 g/mol. The minimum Gasteiger partial charge on any atom is -0.493 e. The summed E-state index contributed by atoms with van der Waals surface area (Å²) in [6.07, 6.45) is 1.40. The number of nitrogens with zero attached hydrogens (tertiary/aromatic N) is 2. The standard InChI is InChI=1S/C22H31N5O3S/c1-4-6-18(23)20-14(3)22(29)26-21(25-20)17-11-16(7-8-19(17)30-5-2)31-27-12-15(13-27)24-9-10-28/h7-8,11,15,23-24,28H,4-6,9-10,12-13H2,1-3H3,(H,25,26,29). The molecular weight excluding hydrogens is 414 g/mol. The van der Waals surface area contributed by atoms with Crippen molar-refractivity contribution in [3.8, 4) is 17.1 Å². The molecule has 2 aromatic rings. The first-order valence-corrected chi connectivity index (χ1v) is 11.5. The fourth-order valence-corrected chi connectivity index (χ4v) is 4.52. The molecule has 31 heavy (non-hydrogen) atoms. The highest BCUT2D eigenvalue weighted by atomic mass is 32.2. The lowest BCUT2D eigenvalue weighted by atomic mass is 10.1.